The van der Waals surface area contributed by atoms with Gasteiger partial charge < -0.3 is 10.1 Å². The lowest BCUT2D eigenvalue weighted by atomic mass is 10.2. The number of hydrogen-bond acceptors (Lipinski definition) is 2. The van der Waals surface area contributed by atoms with Crippen LogP contribution in [0.4, 0.5) is 0 Å². The summed E-state index contributed by atoms with van der Waals surface area (Å²) in [6, 6.07) is 10.7. The molecule has 0 fully saturated rings. The van der Waals surface area contributed by atoms with Crippen LogP contribution in [0.1, 0.15) is 10.4 Å². The van der Waals surface area contributed by atoms with E-state index in [1.165, 1.54) is 0 Å². The van der Waals surface area contributed by atoms with E-state index >= 15 is 0 Å². The average molecular weight is 396 g/mol. The average Bonchev–Trinajstić information content (AvgIpc) is 2.80. The molecule has 0 unspecified atom stereocenters. The fraction of sp³-hybridized carbons (Fsp3) is 0. The first-order valence-corrected chi connectivity index (χ1v) is 7.31. The van der Waals surface area contributed by atoms with Crippen molar-refractivity contribution in [2.45, 2.75) is 0 Å². The third-order valence-electron chi connectivity index (χ3n) is 2.86. The molecule has 3 rings (SSSR count). The third kappa shape index (κ3) is 2.48. The van der Waals surface area contributed by atoms with Crippen LogP contribution in [0.2, 0.25) is 0 Å². The zero-order chi connectivity index (χ0) is 14.3. The lowest BCUT2D eigenvalue weighted by Crippen LogP contribution is -1.94. The summed E-state index contributed by atoms with van der Waals surface area (Å²) in [6.45, 7) is 0. The molecule has 0 bridgehead atoms. The van der Waals surface area contributed by atoms with E-state index in [9.17, 15) is 4.79 Å². The maximum Gasteiger partial charge on any atom is 0.335 e. The van der Waals surface area contributed by atoms with E-state index in [1.807, 2.05) is 18.2 Å². The lowest BCUT2D eigenvalue weighted by Gasteiger charge is -1.99. The minimum Gasteiger partial charge on any atom is -0.478 e. The van der Waals surface area contributed by atoms with Crippen LogP contribution in [0.15, 0.2) is 45.3 Å². The van der Waals surface area contributed by atoms with Crippen molar-refractivity contribution in [2.24, 2.45) is 0 Å². The number of carboxylic acid groups (broad SMARTS) is 1. The van der Waals surface area contributed by atoms with Gasteiger partial charge in [-0.2, -0.15) is 0 Å². The van der Waals surface area contributed by atoms with Crippen molar-refractivity contribution in [1.29, 1.82) is 0 Å². The molecule has 100 valence electrons. The summed E-state index contributed by atoms with van der Waals surface area (Å²) in [7, 11) is 0. The van der Waals surface area contributed by atoms with Crippen LogP contribution in [-0.4, -0.2) is 21.0 Å². The summed E-state index contributed by atoms with van der Waals surface area (Å²) in [4.78, 5) is 18.6. The molecule has 2 aromatic carbocycles. The highest BCUT2D eigenvalue weighted by atomic mass is 79.9. The molecule has 4 nitrogen and oxygen atoms in total. The predicted molar refractivity (Wildman–Crippen MR) is 83.9 cm³/mol. The second-order valence-corrected chi connectivity index (χ2v) is 6.11. The van der Waals surface area contributed by atoms with E-state index < -0.39 is 5.97 Å². The maximum absolute atomic E-state index is 11.0. The number of halogens is 2. The Bertz CT molecular complexity index is 807. The molecule has 0 aliphatic rings. The highest BCUT2D eigenvalue weighted by molar-refractivity contribution is 9.11. The van der Waals surface area contributed by atoms with E-state index in [0.717, 1.165) is 20.0 Å². The number of aromatic carboxylic acids is 1. The van der Waals surface area contributed by atoms with Crippen molar-refractivity contribution in [3.8, 4) is 11.4 Å². The van der Waals surface area contributed by atoms with Gasteiger partial charge in [-0.25, -0.2) is 9.78 Å². The monoisotopic (exact) mass is 394 g/mol. The van der Waals surface area contributed by atoms with E-state index in [0.29, 0.717) is 11.3 Å². The molecule has 0 saturated heterocycles. The van der Waals surface area contributed by atoms with Gasteiger partial charge >= 0.3 is 5.97 Å². The Kier molecular flexibility index (Phi) is 3.35. The van der Waals surface area contributed by atoms with Gasteiger partial charge in [-0.3, -0.25) is 0 Å². The standard InChI is InChI=1S/C14H8Br2N2O2/c15-9-3-8(4-10(16)6-9)13-17-11-2-1-7(14(19)20)5-12(11)18-13/h1-6H,(H,17,18)(H,19,20). The van der Waals surface area contributed by atoms with E-state index in [1.54, 1.807) is 18.2 Å². The number of aromatic amines is 1. The SMILES string of the molecule is O=C(O)c1ccc2nc(-c3cc(Br)cc(Br)c3)[nH]c2c1. The van der Waals surface area contributed by atoms with Gasteiger partial charge in [0.15, 0.2) is 0 Å². The highest BCUT2D eigenvalue weighted by Gasteiger charge is 2.09. The number of hydrogen-bond donors (Lipinski definition) is 2. The molecule has 2 N–H and O–H groups in total. The van der Waals surface area contributed by atoms with Crippen molar-refractivity contribution in [2.75, 3.05) is 0 Å². The molecule has 1 aromatic heterocycles. The van der Waals surface area contributed by atoms with Gasteiger partial charge in [0, 0.05) is 14.5 Å². The molecule has 1 heterocycles. The Labute approximate surface area is 131 Å². The number of nitrogens with zero attached hydrogens (tertiary/aromatic N) is 1. The molecule has 3 aromatic rings. The second kappa shape index (κ2) is 5.03. The van der Waals surface area contributed by atoms with Gasteiger partial charge in [0.25, 0.3) is 0 Å². The first-order chi connectivity index (χ1) is 9.52. The number of benzene rings is 2. The van der Waals surface area contributed by atoms with Crippen molar-refractivity contribution in [1.82, 2.24) is 9.97 Å². The van der Waals surface area contributed by atoms with Gasteiger partial charge in [0.05, 0.1) is 16.6 Å². The topological polar surface area (TPSA) is 66.0 Å². The molecule has 0 atom stereocenters. The highest BCUT2D eigenvalue weighted by Crippen LogP contribution is 2.27. The summed E-state index contributed by atoms with van der Waals surface area (Å²) in [5, 5.41) is 8.99. The fourth-order valence-corrected chi connectivity index (χ4v) is 3.26. The number of H-pyrrole nitrogens is 1. The number of nitrogens with one attached hydrogen (secondary N) is 1. The summed E-state index contributed by atoms with van der Waals surface area (Å²) in [5.41, 5.74) is 2.60. The smallest absolute Gasteiger partial charge is 0.335 e. The van der Waals surface area contributed by atoms with Crippen LogP contribution in [-0.2, 0) is 0 Å². The molecule has 0 amide bonds. The van der Waals surface area contributed by atoms with E-state index in [-0.39, 0.29) is 5.56 Å². The normalized spacial score (nSPS) is 10.9. The Morgan fingerprint density at radius 1 is 1.10 bits per heavy atom. The molecule has 20 heavy (non-hydrogen) atoms. The number of carboxylic acids is 1. The number of rotatable bonds is 2. The molecule has 0 aliphatic heterocycles. The molecule has 6 heteroatoms. The number of aromatic nitrogens is 2. The van der Waals surface area contributed by atoms with Crippen LogP contribution in [0.25, 0.3) is 22.4 Å². The van der Waals surface area contributed by atoms with Crippen LogP contribution in [0.3, 0.4) is 0 Å². The van der Waals surface area contributed by atoms with Crippen molar-refractivity contribution in [3.63, 3.8) is 0 Å². The maximum atomic E-state index is 11.0. The fourth-order valence-electron chi connectivity index (χ4n) is 1.97. The van der Waals surface area contributed by atoms with Crippen LogP contribution in [0.5, 0.6) is 0 Å². The molecule has 0 spiro atoms. The Hall–Kier alpha value is -1.66. The van der Waals surface area contributed by atoms with Crippen LogP contribution < -0.4 is 0 Å². The quantitative estimate of drug-likeness (QED) is 0.673. The zero-order valence-corrected chi connectivity index (χ0v) is 13.2. The number of imidazole rings is 1. The number of fused-ring (bicyclic) bond motifs is 1. The minimum atomic E-state index is -0.951. The predicted octanol–water partition coefficient (Wildman–Crippen LogP) is 4.45. The molecular formula is C14H8Br2N2O2. The third-order valence-corrected chi connectivity index (χ3v) is 3.78. The van der Waals surface area contributed by atoms with Gasteiger partial charge in [-0.15, -0.1) is 0 Å². The molecular weight excluding hydrogens is 388 g/mol. The minimum absolute atomic E-state index is 0.239. The Morgan fingerprint density at radius 3 is 2.45 bits per heavy atom. The Morgan fingerprint density at radius 2 is 1.80 bits per heavy atom. The van der Waals surface area contributed by atoms with Gasteiger partial charge in [-0.05, 0) is 36.4 Å². The van der Waals surface area contributed by atoms with Gasteiger partial charge in [0.1, 0.15) is 5.82 Å². The Balaban J connectivity index is 2.15. The largest absolute Gasteiger partial charge is 0.478 e. The summed E-state index contributed by atoms with van der Waals surface area (Å²) >= 11 is 6.87. The number of carbonyl (C=O) groups is 1. The summed E-state index contributed by atoms with van der Waals surface area (Å²) < 4.78 is 1.88. The van der Waals surface area contributed by atoms with Crippen LogP contribution >= 0.6 is 31.9 Å². The summed E-state index contributed by atoms with van der Waals surface area (Å²) in [5.74, 6) is -0.252. The van der Waals surface area contributed by atoms with Crippen molar-refractivity contribution >= 4 is 48.9 Å². The van der Waals surface area contributed by atoms with Crippen molar-refractivity contribution < 1.29 is 9.90 Å². The summed E-state index contributed by atoms with van der Waals surface area (Å²) in [6.07, 6.45) is 0. The second-order valence-electron chi connectivity index (χ2n) is 4.28. The van der Waals surface area contributed by atoms with Gasteiger partial charge in [0.2, 0.25) is 0 Å². The van der Waals surface area contributed by atoms with E-state index in [4.69, 9.17) is 5.11 Å². The first-order valence-electron chi connectivity index (χ1n) is 5.72. The zero-order valence-electron chi connectivity index (χ0n) is 10.0. The molecule has 0 aliphatic carbocycles. The van der Waals surface area contributed by atoms with E-state index in [2.05, 4.69) is 41.8 Å². The first kappa shape index (κ1) is 13.3. The molecule has 0 radical (unpaired) electrons. The lowest BCUT2D eigenvalue weighted by molar-refractivity contribution is 0.0697. The van der Waals surface area contributed by atoms with Crippen molar-refractivity contribution in [3.05, 3.63) is 50.9 Å². The van der Waals surface area contributed by atoms with Gasteiger partial charge in [-0.1, -0.05) is 31.9 Å². The molecule has 0 saturated carbocycles. The van der Waals surface area contributed by atoms with Crippen LogP contribution in [0, 0.1) is 0 Å².